The summed E-state index contributed by atoms with van der Waals surface area (Å²) in [4.78, 5) is 0. The van der Waals surface area contributed by atoms with Gasteiger partial charge in [0.2, 0.25) is 0 Å². The molecule has 0 saturated heterocycles. The molecule has 2 heterocycles. The molecule has 6 nitrogen and oxygen atoms in total. The zero-order chi connectivity index (χ0) is 21.3. The molecule has 2 aromatic carbocycles. The highest BCUT2D eigenvalue weighted by molar-refractivity contribution is 7.84. The average Bonchev–Trinajstić information content (AvgIpc) is 3.08. The van der Waals surface area contributed by atoms with Crippen molar-refractivity contribution >= 4 is 15.8 Å². The van der Waals surface area contributed by atoms with Gasteiger partial charge in [0.05, 0.1) is 16.8 Å². The van der Waals surface area contributed by atoms with Gasteiger partial charge in [-0.25, -0.2) is 0 Å². The van der Waals surface area contributed by atoms with E-state index in [-0.39, 0.29) is 5.75 Å². The molecule has 0 saturated carbocycles. The van der Waals surface area contributed by atoms with E-state index in [0.717, 1.165) is 21.1 Å². The van der Waals surface area contributed by atoms with Crippen LogP contribution in [0.1, 0.15) is 5.56 Å². The van der Waals surface area contributed by atoms with Crippen LogP contribution >= 0.6 is 0 Å². The molecule has 0 radical (unpaired) electrons. The van der Waals surface area contributed by atoms with E-state index in [1.165, 1.54) is 14.1 Å². The normalized spacial score (nSPS) is 11.5. The maximum absolute atomic E-state index is 12.7. The van der Waals surface area contributed by atoms with Gasteiger partial charge in [-0.15, -0.1) is 0 Å². The molecular weight excluding hydrogens is 398 g/mol. The van der Waals surface area contributed by atoms with Crippen LogP contribution in [0.3, 0.4) is 0 Å². The van der Waals surface area contributed by atoms with E-state index in [1.807, 2.05) is 65.1 Å². The van der Waals surface area contributed by atoms with Crippen molar-refractivity contribution in [3.8, 4) is 34.2 Å². The van der Waals surface area contributed by atoms with Gasteiger partial charge in [-0.05, 0) is 23.3 Å². The maximum atomic E-state index is 12.7. The van der Waals surface area contributed by atoms with Gasteiger partial charge in [-0.1, -0.05) is 60.7 Å². The Hall–Kier alpha value is -3.60. The van der Waals surface area contributed by atoms with Gasteiger partial charge >= 0.3 is 10.3 Å². The fourth-order valence-electron chi connectivity index (χ4n) is 3.38. The SMILES string of the molecule is CN(C)S(=O)(=O)Oc1c(-c2ccccc2)c(-c2ccccc2)n2cccc(C#N)c12. The van der Waals surface area contributed by atoms with Crippen molar-refractivity contribution in [2.45, 2.75) is 0 Å². The summed E-state index contributed by atoms with van der Waals surface area (Å²) in [6.45, 7) is 0. The van der Waals surface area contributed by atoms with E-state index < -0.39 is 10.3 Å². The summed E-state index contributed by atoms with van der Waals surface area (Å²) < 4.78 is 33.8. The molecule has 0 N–H and O–H groups in total. The first-order valence-electron chi connectivity index (χ1n) is 9.24. The standard InChI is InChI=1S/C23H19N3O3S/c1-25(2)30(27,28)29-23-20(17-10-5-3-6-11-17)21(18-12-7-4-8-13-18)26-15-9-14-19(16-24)22(23)26/h3-15H,1-2H3. The third kappa shape index (κ3) is 3.32. The second-order valence-electron chi connectivity index (χ2n) is 6.86. The molecule has 2 aromatic heterocycles. The average molecular weight is 417 g/mol. The fraction of sp³-hybridized carbons (Fsp3) is 0.0870. The van der Waals surface area contributed by atoms with Crippen LogP contribution in [0.2, 0.25) is 0 Å². The lowest BCUT2D eigenvalue weighted by molar-refractivity contribution is 0.424. The highest BCUT2D eigenvalue weighted by Gasteiger charge is 2.28. The first-order chi connectivity index (χ1) is 14.4. The number of hydrogen-bond donors (Lipinski definition) is 0. The Morgan fingerprint density at radius 2 is 1.50 bits per heavy atom. The molecule has 0 amide bonds. The molecule has 0 unspecified atom stereocenters. The number of aromatic nitrogens is 1. The Labute approximate surface area is 175 Å². The van der Waals surface area contributed by atoms with Crippen LogP contribution in [0, 0.1) is 11.3 Å². The zero-order valence-corrected chi connectivity index (χ0v) is 17.3. The van der Waals surface area contributed by atoms with E-state index in [0.29, 0.717) is 16.6 Å². The quantitative estimate of drug-likeness (QED) is 0.484. The Morgan fingerprint density at radius 3 is 2.07 bits per heavy atom. The minimum absolute atomic E-state index is 0.130. The van der Waals surface area contributed by atoms with E-state index in [2.05, 4.69) is 6.07 Å². The van der Waals surface area contributed by atoms with Crippen LogP contribution < -0.4 is 4.18 Å². The molecule has 0 spiro atoms. The van der Waals surface area contributed by atoms with Crippen LogP contribution in [0.25, 0.3) is 27.9 Å². The molecule has 0 atom stereocenters. The molecule has 0 aliphatic rings. The molecule has 150 valence electrons. The van der Waals surface area contributed by atoms with Gasteiger partial charge in [0.15, 0.2) is 5.75 Å². The second kappa shape index (κ2) is 7.67. The largest absolute Gasteiger partial charge is 0.384 e. The van der Waals surface area contributed by atoms with Crippen LogP contribution in [0.15, 0.2) is 79.0 Å². The Bertz CT molecular complexity index is 1350. The Morgan fingerprint density at radius 1 is 0.900 bits per heavy atom. The van der Waals surface area contributed by atoms with Crippen LogP contribution in [0.5, 0.6) is 5.75 Å². The van der Waals surface area contributed by atoms with Crippen LogP contribution in [-0.2, 0) is 10.3 Å². The fourth-order valence-corrected chi connectivity index (χ4v) is 3.90. The van der Waals surface area contributed by atoms with Gasteiger partial charge in [0.25, 0.3) is 0 Å². The lowest BCUT2D eigenvalue weighted by Gasteiger charge is -2.14. The summed E-state index contributed by atoms with van der Waals surface area (Å²) >= 11 is 0. The van der Waals surface area contributed by atoms with Gasteiger partial charge in [0.1, 0.15) is 11.6 Å². The van der Waals surface area contributed by atoms with Crippen molar-refractivity contribution in [1.82, 2.24) is 8.71 Å². The third-order valence-corrected chi connectivity index (χ3v) is 6.05. The maximum Gasteiger partial charge on any atom is 0.384 e. The first kappa shape index (κ1) is 19.7. The molecule has 7 heteroatoms. The summed E-state index contributed by atoms with van der Waals surface area (Å²) in [6.07, 6.45) is 1.81. The molecule has 0 bridgehead atoms. The zero-order valence-electron chi connectivity index (χ0n) is 16.5. The number of pyridine rings is 1. The van der Waals surface area contributed by atoms with Gasteiger partial charge in [-0.3, -0.25) is 0 Å². The van der Waals surface area contributed by atoms with E-state index in [1.54, 1.807) is 18.3 Å². The topological polar surface area (TPSA) is 74.8 Å². The van der Waals surface area contributed by atoms with Crippen molar-refractivity contribution in [1.29, 1.82) is 5.26 Å². The molecular formula is C23H19N3O3S. The highest BCUT2D eigenvalue weighted by atomic mass is 32.2. The second-order valence-corrected chi connectivity index (χ2v) is 8.61. The summed E-state index contributed by atoms with van der Waals surface area (Å²) in [7, 11) is -1.25. The minimum atomic E-state index is -4.06. The minimum Gasteiger partial charge on any atom is -0.368 e. The number of nitriles is 1. The number of hydrogen-bond acceptors (Lipinski definition) is 4. The molecule has 0 aliphatic heterocycles. The van der Waals surface area contributed by atoms with Crippen molar-refractivity contribution in [3.63, 3.8) is 0 Å². The number of benzene rings is 2. The molecule has 4 aromatic rings. The predicted octanol–water partition coefficient (Wildman–Crippen LogP) is 4.33. The Balaban J connectivity index is 2.19. The predicted molar refractivity (Wildman–Crippen MR) is 116 cm³/mol. The lowest BCUT2D eigenvalue weighted by atomic mass is 10.0. The molecule has 4 rings (SSSR count). The van der Waals surface area contributed by atoms with Crippen molar-refractivity contribution < 1.29 is 12.6 Å². The molecule has 30 heavy (non-hydrogen) atoms. The summed E-state index contributed by atoms with van der Waals surface area (Å²) in [5.41, 5.74) is 3.74. The summed E-state index contributed by atoms with van der Waals surface area (Å²) in [5, 5.41) is 9.73. The summed E-state index contributed by atoms with van der Waals surface area (Å²) in [6, 6.07) is 24.6. The van der Waals surface area contributed by atoms with Crippen molar-refractivity contribution in [3.05, 3.63) is 84.6 Å². The molecule has 0 fully saturated rings. The third-order valence-electron chi connectivity index (χ3n) is 4.78. The number of nitrogens with zero attached hydrogens (tertiary/aromatic N) is 3. The lowest BCUT2D eigenvalue weighted by Crippen LogP contribution is -2.27. The van der Waals surface area contributed by atoms with Crippen molar-refractivity contribution in [2.75, 3.05) is 14.1 Å². The highest BCUT2D eigenvalue weighted by Crippen LogP contribution is 2.46. The smallest absolute Gasteiger partial charge is 0.368 e. The van der Waals surface area contributed by atoms with Gasteiger partial charge in [0, 0.05) is 20.3 Å². The van der Waals surface area contributed by atoms with Gasteiger partial charge < -0.3 is 8.58 Å². The van der Waals surface area contributed by atoms with Crippen molar-refractivity contribution in [2.24, 2.45) is 0 Å². The first-order valence-corrected chi connectivity index (χ1v) is 10.6. The summed E-state index contributed by atoms with van der Waals surface area (Å²) in [5.74, 6) is 0.130. The van der Waals surface area contributed by atoms with Crippen LogP contribution in [-0.4, -0.2) is 31.2 Å². The van der Waals surface area contributed by atoms with Gasteiger partial charge in [-0.2, -0.15) is 18.0 Å². The number of rotatable bonds is 5. The van der Waals surface area contributed by atoms with E-state index >= 15 is 0 Å². The van der Waals surface area contributed by atoms with Crippen LogP contribution in [0.4, 0.5) is 0 Å². The number of fused-ring (bicyclic) bond motifs is 1. The van der Waals surface area contributed by atoms with E-state index in [9.17, 15) is 13.7 Å². The molecule has 0 aliphatic carbocycles. The Kier molecular flexibility index (Phi) is 5.04. The monoisotopic (exact) mass is 417 g/mol. The van der Waals surface area contributed by atoms with E-state index in [4.69, 9.17) is 4.18 Å².